The first kappa shape index (κ1) is 26.5. The summed E-state index contributed by atoms with van der Waals surface area (Å²) in [5.41, 5.74) is 2.86. The Balaban J connectivity index is 1.37. The zero-order chi connectivity index (χ0) is 27.1. The van der Waals surface area contributed by atoms with Crippen molar-refractivity contribution in [3.8, 4) is 11.5 Å². The zero-order valence-corrected chi connectivity index (χ0v) is 20.8. The molecule has 4 rings (SSSR count). The lowest BCUT2D eigenvalue weighted by atomic mass is 10.1. The van der Waals surface area contributed by atoms with Gasteiger partial charge in [-0.2, -0.15) is 18.3 Å². The molecule has 4 aromatic rings. The van der Waals surface area contributed by atoms with Gasteiger partial charge in [-0.15, -0.1) is 0 Å². The molecule has 1 heterocycles. The predicted octanol–water partition coefficient (Wildman–Crippen LogP) is 6.50. The number of ether oxygens (including phenoxy) is 2. The molecule has 0 saturated carbocycles. The fraction of sp³-hybridized carbons (Fsp3) is 0.172. The van der Waals surface area contributed by atoms with Crippen molar-refractivity contribution in [1.82, 2.24) is 9.78 Å². The lowest BCUT2D eigenvalue weighted by Crippen LogP contribution is -2.08. The molecule has 0 spiro atoms. The molecule has 0 bridgehead atoms. The fourth-order valence-corrected chi connectivity index (χ4v) is 3.78. The lowest BCUT2D eigenvalue weighted by Gasteiger charge is -2.11. The van der Waals surface area contributed by atoms with Crippen molar-refractivity contribution in [2.24, 2.45) is 0 Å². The third-order valence-corrected chi connectivity index (χ3v) is 5.62. The smallest absolute Gasteiger partial charge is 0.416 e. The van der Waals surface area contributed by atoms with Crippen LogP contribution < -0.4 is 14.8 Å². The first-order valence-electron chi connectivity index (χ1n) is 11.7. The maximum Gasteiger partial charge on any atom is 0.416 e. The Morgan fingerprint density at radius 3 is 2.66 bits per heavy atom. The van der Waals surface area contributed by atoms with Crippen molar-refractivity contribution < 1.29 is 27.4 Å². The molecule has 196 valence electrons. The molecule has 0 fully saturated rings. The van der Waals surface area contributed by atoms with Crippen LogP contribution in [-0.2, 0) is 24.1 Å². The van der Waals surface area contributed by atoms with E-state index in [2.05, 4.69) is 10.4 Å². The van der Waals surface area contributed by atoms with Gasteiger partial charge in [-0.25, -0.2) is 0 Å². The van der Waals surface area contributed by atoms with Crippen LogP contribution in [0.4, 0.5) is 18.9 Å². The molecule has 1 aromatic heterocycles. The topological polar surface area (TPSA) is 65.4 Å². The van der Waals surface area contributed by atoms with Gasteiger partial charge >= 0.3 is 6.18 Å². The molecule has 6 nitrogen and oxygen atoms in total. The summed E-state index contributed by atoms with van der Waals surface area (Å²) in [5, 5.41) is 6.83. The van der Waals surface area contributed by atoms with Gasteiger partial charge in [0.1, 0.15) is 18.1 Å². The third kappa shape index (κ3) is 7.25. The van der Waals surface area contributed by atoms with Gasteiger partial charge in [0, 0.05) is 17.8 Å². The van der Waals surface area contributed by atoms with Crippen molar-refractivity contribution in [1.29, 1.82) is 0 Å². The van der Waals surface area contributed by atoms with E-state index in [4.69, 9.17) is 9.47 Å². The van der Waals surface area contributed by atoms with Crippen LogP contribution in [0.5, 0.6) is 11.5 Å². The van der Waals surface area contributed by atoms with Crippen LogP contribution in [0.3, 0.4) is 0 Å². The first-order chi connectivity index (χ1) is 18.2. The number of nitrogens with zero attached hydrogens (tertiary/aromatic N) is 2. The van der Waals surface area contributed by atoms with Crippen LogP contribution >= 0.6 is 0 Å². The number of hydrogen-bond donors (Lipinski definition) is 1. The summed E-state index contributed by atoms with van der Waals surface area (Å²) >= 11 is 0. The molecule has 9 heteroatoms. The number of carbonyl (C=O) groups excluding carboxylic acids is 1. The average molecular weight is 522 g/mol. The second-order valence-electron chi connectivity index (χ2n) is 8.62. The number of aryl methyl sites for hydroxylation is 1. The second kappa shape index (κ2) is 11.7. The van der Waals surface area contributed by atoms with E-state index in [0.29, 0.717) is 23.6 Å². The number of carbonyl (C=O) groups is 1. The van der Waals surface area contributed by atoms with E-state index >= 15 is 0 Å². The highest BCUT2D eigenvalue weighted by molar-refractivity contribution is 6.01. The molecular formula is C29H26F3N3O3. The minimum Gasteiger partial charge on any atom is -0.496 e. The predicted molar refractivity (Wildman–Crippen MR) is 139 cm³/mol. The number of benzene rings is 3. The minimum atomic E-state index is -4.41. The molecule has 1 N–H and O–H groups in total. The fourth-order valence-electron chi connectivity index (χ4n) is 3.78. The van der Waals surface area contributed by atoms with Crippen LogP contribution in [0.1, 0.15) is 27.8 Å². The Morgan fingerprint density at radius 1 is 1.08 bits per heavy atom. The molecular weight excluding hydrogens is 495 g/mol. The molecule has 0 aliphatic heterocycles. The molecule has 0 atom stereocenters. The second-order valence-corrected chi connectivity index (χ2v) is 8.62. The number of amides is 1. The van der Waals surface area contributed by atoms with Gasteiger partial charge in [-0.1, -0.05) is 30.3 Å². The van der Waals surface area contributed by atoms with Gasteiger partial charge in [0.05, 0.1) is 31.1 Å². The summed E-state index contributed by atoms with van der Waals surface area (Å²) in [6, 6.07) is 18.3. The lowest BCUT2D eigenvalue weighted by molar-refractivity contribution is -0.137. The largest absolute Gasteiger partial charge is 0.496 e. The van der Waals surface area contributed by atoms with E-state index in [0.717, 1.165) is 34.6 Å². The van der Waals surface area contributed by atoms with Gasteiger partial charge in [0.2, 0.25) is 5.91 Å². The summed E-state index contributed by atoms with van der Waals surface area (Å²) in [7, 11) is 1.58. The van der Waals surface area contributed by atoms with Crippen molar-refractivity contribution >= 4 is 17.7 Å². The molecule has 0 radical (unpaired) electrons. The summed E-state index contributed by atoms with van der Waals surface area (Å²) in [6.45, 7) is 2.42. The molecule has 0 unspecified atom stereocenters. The number of nitrogens with one attached hydrogen (secondary N) is 1. The normalized spacial score (nSPS) is 11.5. The highest BCUT2D eigenvalue weighted by atomic mass is 19.4. The molecule has 0 aliphatic carbocycles. The van der Waals surface area contributed by atoms with Crippen molar-refractivity contribution in [2.45, 2.75) is 26.3 Å². The highest BCUT2D eigenvalue weighted by Crippen LogP contribution is 2.29. The average Bonchev–Trinajstić information content (AvgIpc) is 3.32. The van der Waals surface area contributed by atoms with E-state index in [1.165, 1.54) is 23.0 Å². The van der Waals surface area contributed by atoms with Gasteiger partial charge in [-0.05, 0) is 66.1 Å². The maximum absolute atomic E-state index is 12.9. The zero-order valence-electron chi connectivity index (χ0n) is 20.8. The number of halogens is 3. The Morgan fingerprint density at radius 2 is 1.89 bits per heavy atom. The van der Waals surface area contributed by atoms with Gasteiger partial charge in [-0.3, -0.25) is 9.48 Å². The number of methoxy groups -OCH3 is 1. The quantitative estimate of drug-likeness (QED) is 0.256. The maximum atomic E-state index is 12.9. The first-order valence-corrected chi connectivity index (χ1v) is 11.7. The Kier molecular flexibility index (Phi) is 8.15. The highest BCUT2D eigenvalue weighted by Gasteiger charge is 2.30. The van der Waals surface area contributed by atoms with Gasteiger partial charge < -0.3 is 14.8 Å². The molecule has 1 amide bonds. The molecule has 38 heavy (non-hydrogen) atoms. The summed E-state index contributed by atoms with van der Waals surface area (Å²) in [5.74, 6) is 1.05. The van der Waals surface area contributed by atoms with E-state index in [-0.39, 0.29) is 12.5 Å². The standard InChI is InChI=1S/C29H26F3N3O3/c1-20-5-3-8-26(13-20)38-19-23-14-21(9-11-27(23)37-2)10-12-28(36)34-25-16-33-35(18-25)17-22-6-4-7-24(15-22)29(30,31)32/h3-16,18H,17,19H2,1-2H3,(H,34,36)/b12-10+. The van der Waals surface area contributed by atoms with E-state index in [9.17, 15) is 18.0 Å². The summed E-state index contributed by atoms with van der Waals surface area (Å²) in [4.78, 5) is 12.4. The van der Waals surface area contributed by atoms with Crippen molar-refractivity contribution in [3.05, 3.63) is 113 Å². The Labute approximate surface area is 218 Å². The SMILES string of the molecule is COc1ccc(/C=C/C(=O)Nc2cnn(Cc3cccc(C(F)(F)F)c3)c2)cc1COc1cccc(C)c1. The van der Waals surface area contributed by atoms with Gasteiger partial charge in [0.15, 0.2) is 0 Å². The van der Waals surface area contributed by atoms with Crippen molar-refractivity contribution in [2.75, 3.05) is 12.4 Å². The summed E-state index contributed by atoms with van der Waals surface area (Å²) < 4.78 is 51.6. The number of alkyl halides is 3. The number of aromatic nitrogens is 2. The number of rotatable bonds is 9. The van der Waals surface area contributed by atoms with Crippen LogP contribution in [0.15, 0.2) is 85.2 Å². The third-order valence-electron chi connectivity index (χ3n) is 5.62. The number of hydrogen-bond acceptors (Lipinski definition) is 4. The number of anilines is 1. The van der Waals surface area contributed by atoms with Crippen molar-refractivity contribution in [3.63, 3.8) is 0 Å². The monoisotopic (exact) mass is 521 g/mol. The molecule has 0 aliphatic rings. The minimum absolute atomic E-state index is 0.134. The Hall–Kier alpha value is -4.53. The van der Waals surface area contributed by atoms with Gasteiger partial charge in [0.25, 0.3) is 0 Å². The molecule has 3 aromatic carbocycles. The van der Waals surface area contributed by atoms with Crippen LogP contribution in [0.2, 0.25) is 0 Å². The Bertz CT molecular complexity index is 1440. The summed E-state index contributed by atoms with van der Waals surface area (Å²) in [6.07, 6.45) is 1.63. The van der Waals surface area contributed by atoms with E-state index in [1.54, 1.807) is 25.4 Å². The van der Waals surface area contributed by atoms with E-state index < -0.39 is 11.7 Å². The van der Waals surface area contributed by atoms with Crippen LogP contribution in [-0.4, -0.2) is 22.8 Å². The van der Waals surface area contributed by atoms with Crippen LogP contribution in [0, 0.1) is 6.92 Å². The molecule has 0 saturated heterocycles. The van der Waals surface area contributed by atoms with Crippen LogP contribution in [0.25, 0.3) is 6.08 Å². The van der Waals surface area contributed by atoms with E-state index in [1.807, 2.05) is 49.4 Å².